The number of carbonyl (C=O) groups excluding carboxylic acids is 3. The van der Waals surface area contributed by atoms with Gasteiger partial charge in [-0.2, -0.15) is 0 Å². The second-order valence-electron chi connectivity index (χ2n) is 5.20. The summed E-state index contributed by atoms with van der Waals surface area (Å²) < 4.78 is 20.4. The minimum absolute atomic E-state index is 0.154. The molecule has 0 saturated carbocycles. The smallest absolute Gasteiger partial charge is 0.313 e. The average Bonchev–Trinajstić information content (AvgIpc) is 2.75. The Morgan fingerprint density at radius 3 is 2.43 bits per heavy atom. The van der Waals surface area contributed by atoms with Crippen LogP contribution >= 0.6 is 0 Å². The highest BCUT2D eigenvalue weighted by Crippen LogP contribution is 2.29. The molecule has 21 heavy (non-hydrogen) atoms. The van der Waals surface area contributed by atoms with Crippen molar-refractivity contribution < 1.29 is 33.3 Å². The van der Waals surface area contributed by atoms with Crippen molar-refractivity contribution in [3.8, 4) is 0 Å². The zero-order chi connectivity index (χ0) is 16.0. The van der Waals surface area contributed by atoms with Gasteiger partial charge < -0.3 is 18.9 Å². The minimum Gasteiger partial charge on any atom is -0.469 e. The van der Waals surface area contributed by atoms with Crippen LogP contribution in [0.1, 0.15) is 33.6 Å². The molecule has 0 aromatic rings. The van der Waals surface area contributed by atoms with Crippen LogP contribution in [-0.4, -0.2) is 49.9 Å². The molecular weight excluding hydrogens is 280 g/mol. The zero-order valence-electron chi connectivity index (χ0n) is 12.8. The molecule has 0 amide bonds. The van der Waals surface area contributed by atoms with E-state index < -0.39 is 42.0 Å². The summed E-state index contributed by atoms with van der Waals surface area (Å²) in [7, 11) is 1.24. The molecule has 2 atom stereocenters. The maximum absolute atomic E-state index is 12.2. The van der Waals surface area contributed by atoms with Gasteiger partial charge in [-0.1, -0.05) is 0 Å². The van der Waals surface area contributed by atoms with E-state index in [1.54, 1.807) is 20.8 Å². The summed E-state index contributed by atoms with van der Waals surface area (Å²) in [5.74, 6) is -3.17. The summed E-state index contributed by atoms with van der Waals surface area (Å²) >= 11 is 0. The maximum Gasteiger partial charge on any atom is 0.313 e. The van der Waals surface area contributed by atoms with Crippen molar-refractivity contribution in [3.63, 3.8) is 0 Å². The van der Waals surface area contributed by atoms with Crippen LogP contribution in [0.3, 0.4) is 0 Å². The second-order valence-corrected chi connectivity index (χ2v) is 5.20. The van der Waals surface area contributed by atoms with Crippen molar-refractivity contribution in [2.45, 2.75) is 45.5 Å². The molecule has 0 aromatic carbocycles. The van der Waals surface area contributed by atoms with Gasteiger partial charge in [-0.05, 0) is 20.8 Å². The van der Waals surface area contributed by atoms with Crippen LogP contribution in [0.5, 0.6) is 0 Å². The van der Waals surface area contributed by atoms with Crippen molar-refractivity contribution in [1.82, 2.24) is 0 Å². The Morgan fingerprint density at radius 2 is 1.95 bits per heavy atom. The summed E-state index contributed by atoms with van der Waals surface area (Å²) in [6.07, 6.45) is -1.13. The van der Waals surface area contributed by atoms with Crippen molar-refractivity contribution in [3.05, 3.63) is 0 Å². The van der Waals surface area contributed by atoms with E-state index in [1.165, 1.54) is 7.11 Å². The molecule has 7 nitrogen and oxygen atoms in total. The molecule has 1 saturated heterocycles. The van der Waals surface area contributed by atoms with Gasteiger partial charge in [0.15, 0.2) is 5.79 Å². The first kappa shape index (κ1) is 17.6. The molecule has 0 N–H and O–H groups in total. The second kappa shape index (κ2) is 7.51. The van der Waals surface area contributed by atoms with Crippen LogP contribution in [0.4, 0.5) is 0 Å². The van der Waals surface area contributed by atoms with Gasteiger partial charge in [-0.25, -0.2) is 0 Å². The highest BCUT2D eigenvalue weighted by Gasteiger charge is 2.41. The summed E-state index contributed by atoms with van der Waals surface area (Å²) in [5.41, 5.74) is 0. The predicted octanol–water partition coefficient (Wildman–Crippen LogP) is 0.839. The Balaban J connectivity index is 2.75. The molecule has 1 aliphatic heterocycles. The Bertz CT molecular complexity index is 402. The van der Waals surface area contributed by atoms with Gasteiger partial charge in [0, 0.05) is 0 Å². The van der Waals surface area contributed by atoms with Crippen molar-refractivity contribution >= 4 is 17.7 Å². The van der Waals surface area contributed by atoms with E-state index in [1.807, 2.05) is 0 Å². The highest BCUT2D eigenvalue weighted by molar-refractivity contribution is 5.98. The Hall–Kier alpha value is -1.47. The van der Waals surface area contributed by atoms with Crippen LogP contribution in [-0.2, 0) is 33.3 Å². The first-order valence-electron chi connectivity index (χ1n) is 6.86. The number of ether oxygens (including phenoxy) is 4. The predicted molar refractivity (Wildman–Crippen MR) is 71.3 cm³/mol. The van der Waals surface area contributed by atoms with Crippen LogP contribution < -0.4 is 0 Å². The number of carbonyl (C=O) groups is 3. The van der Waals surface area contributed by atoms with Crippen LogP contribution in [0, 0.1) is 5.92 Å². The van der Waals surface area contributed by atoms with E-state index in [0.717, 1.165) is 0 Å². The number of Topliss-reactive ketones (excluding diaryl/α,β-unsaturated/α-hetero) is 1. The lowest BCUT2D eigenvalue weighted by Crippen LogP contribution is -2.35. The monoisotopic (exact) mass is 302 g/mol. The SMILES string of the molecule is CCOC(=O)CC(=O)[C@H](CC(=O)OC)[C@H]1COC(C)(C)O1. The molecule has 0 radical (unpaired) electrons. The standard InChI is InChI=1S/C14H22O7/c1-5-19-13(17)7-10(15)9(6-12(16)18-4)11-8-20-14(2,3)21-11/h9,11H,5-8H2,1-4H3/t9-,11+/m0/s1. The third kappa shape index (κ3) is 5.43. The van der Waals surface area contributed by atoms with Gasteiger partial charge in [0.05, 0.1) is 38.8 Å². The number of hydrogen-bond donors (Lipinski definition) is 0. The molecule has 0 spiro atoms. The lowest BCUT2D eigenvalue weighted by Gasteiger charge is -2.22. The van der Waals surface area contributed by atoms with Crippen LogP contribution in [0.25, 0.3) is 0 Å². The van der Waals surface area contributed by atoms with Crippen LogP contribution in [0.2, 0.25) is 0 Å². The van der Waals surface area contributed by atoms with Gasteiger partial charge in [0.2, 0.25) is 0 Å². The molecule has 1 rings (SSSR count). The molecule has 0 aromatic heterocycles. The summed E-state index contributed by atoms with van der Waals surface area (Å²) in [6.45, 7) is 5.48. The lowest BCUT2D eigenvalue weighted by molar-refractivity contribution is -0.159. The zero-order valence-corrected chi connectivity index (χ0v) is 12.8. The van der Waals surface area contributed by atoms with Crippen molar-refractivity contribution in [2.24, 2.45) is 5.92 Å². The van der Waals surface area contributed by atoms with Gasteiger partial charge in [-0.3, -0.25) is 14.4 Å². The molecule has 7 heteroatoms. The first-order chi connectivity index (χ1) is 9.79. The molecule has 0 aliphatic carbocycles. The average molecular weight is 302 g/mol. The molecule has 0 unspecified atom stereocenters. The fourth-order valence-electron chi connectivity index (χ4n) is 2.11. The largest absolute Gasteiger partial charge is 0.469 e. The van der Waals surface area contributed by atoms with E-state index >= 15 is 0 Å². The minimum atomic E-state index is -0.816. The lowest BCUT2D eigenvalue weighted by atomic mass is 9.92. The molecule has 0 bridgehead atoms. The summed E-state index contributed by atoms with van der Waals surface area (Å²) in [6, 6.07) is 0. The number of methoxy groups -OCH3 is 1. The molecule has 1 fully saturated rings. The normalized spacial score (nSPS) is 21.6. The Morgan fingerprint density at radius 1 is 1.29 bits per heavy atom. The van der Waals surface area contributed by atoms with Crippen molar-refractivity contribution in [2.75, 3.05) is 20.3 Å². The maximum atomic E-state index is 12.2. The van der Waals surface area contributed by atoms with Gasteiger partial charge in [0.1, 0.15) is 12.2 Å². The molecule has 120 valence electrons. The van der Waals surface area contributed by atoms with E-state index in [-0.39, 0.29) is 19.6 Å². The fraction of sp³-hybridized carbons (Fsp3) is 0.786. The van der Waals surface area contributed by atoms with Gasteiger partial charge in [-0.15, -0.1) is 0 Å². The number of esters is 2. The summed E-state index contributed by atoms with van der Waals surface area (Å²) in [5, 5.41) is 0. The van der Waals surface area contributed by atoms with Gasteiger partial charge >= 0.3 is 11.9 Å². The topological polar surface area (TPSA) is 88.1 Å². The quantitative estimate of drug-likeness (QED) is 0.508. The third-order valence-corrected chi connectivity index (χ3v) is 3.13. The summed E-state index contributed by atoms with van der Waals surface area (Å²) in [4.78, 5) is 35.1. The van der Waals surface area contributed by atoms with Gasteiger partial charge in [0.25, 0.3) is 0 Å². The molecule has 1 heterocycles. The fourth-order valence-corrected chi connectivity index (χ4v) is 2.11. The number of ketones is 1. The van der Waals surface area contributed by atoms with Crippen LogP contribution in [0.15, 0.2) is 0 Å². The first-order valence-corrected chi connectivity index (χ1v) is 6.86. The number of hydrogen-bond acceptors (Lipinski definition) is 7. The van der Waals surface area contributed by atoms with Crippen molar-refractivity contribution in [1.29, 1.82) is 0 Å². The van der Waals surface area contributed by atoms with E-state index in [2.05, 4.69) is 4.74 Å². The number of rotatable bonds is 7. The van der Waals surface area contributed by atoms with E-state index in [0.29, 0.717) is 0 Å². The Labute approximate surface area is 123 Å². The third-order valence-electron chi connectivity index (χ3n) is 3.13. The Kier molecular flexibility index (Phi) is 6.29. The van der Waals surface area contributed by atoms with E-state index in [4.69, 9.17) is 14.2 Å². The molecule has 1 aliphatic rings. The highest BCUT2D eigenvalue weighted by atomic mass is 16.7. The molecular formula is C14H22O7. The van der Waals surface area contributed by atoms with E-state index in [9.17, 15) is 14.4 Å².